The predicted molar refractivity (Wildman–Crippen MR) is 150 cm³/mol. The maximum atomic E-state index is 12.8. The summed E-state index contributed by atoms with van der Waals surface area (Å²) in [7, 11) is 1.42. The highest BCUT2D eigenvalue weighted by molar-refractivity contribution is 7.99. The number of carbonyl (C=O) groups is 5. The van der Waals surface area contributed by atoms with Crippen molar-refractivity contribution in [1.82, 2.24) is 10.6 Å². The van der Waals surface area contributed by atoms with Crippen LogP contribution in [0.2, 0.25) is 0 Å². The first-order valence-corrected chi connectivity index (χ1v) is 14.6. The number of hydrogen-bond donors (Lipinski definition) is 6. The number of aliphatic hydroxyl groups is 1. The lowest BCUT2D eigenvalue weighted by molar-refractivity contribution is -0.139. The average Bonchev–Trinajstić information content (AvgIpc) is 3.64. The van der Waals surface area contributed by atoms with E-state index in [1.807, 2.05) is 0 Å². The van der Waals surface area contributed by atoms with Crippen molar-refractivity contribution >= 4 is 52.3 Å². The van der Waals surface area contributed by atoms with Gasteiger partial charge in [-0.1, -0.05) is 0 Å². The summed E-state index contributed by atoms with van der Waals surface area (Å²) in [6.45, 7) is -0.714. The molecule has 0 spiro atoms. The van der Waals surface area contributed by atoms with Gasteiger partial charge in [0.2, 0.25) is 18.1 Å². The van der Waals surface area contributed by atoms with Gasteiger partial charge in [-0.15, -0.1) is 11.8 Å². The summed E-state index contributed by atoms with van der Waals surface area (Å²) in [6, 6.07) is -0.993. The van der Waals surface area contributed by atoms with E-state index in [4.69, 9.17) is 34.6 Å². The van der Waals surface area contributed by atoms with Gasteiger partial charge >= 0.3 is 17.6 Å². The molecule has 3 aliphatic rings. The zero-order chi connectivity index (χ0) is 31.9. The molecule has 0 unspecified atom stereocenters. The summed E-state index contributed by atoms with van der Waals surface area (Å²) < 4.78 is 23.0. The first kappa shape index (κ1) is 31.2. The number of nitrogens with one attached hydrogen (secondary N) is 2. The number of carbonyl (C=O) groups excluding carboxylic acids is 3. The highest BCUT2D eigenvalue weighted by Gasteiger charge is 2.53. The second-order valence-corrected chi connectivity index (χ2v) is 11.5. The van der Waals surface area contributed by atoms with Crippen LogP contribution in [0.1, 0.15) is 46.7 Å². The molecule has 7 N–H and O–H groups in total. The van der Waals surface area contributed by atoms with E-state index in [0.717, 1.165) is 11.8 Å². The van der Waals surface area contributed by atoms with E-state index in [-0.39, 0.29) is 47.7 Å². The van der Waals surface area contributed by atoms with Crippen LogP contribution in [0.25, 0.3) is 11.0 Å². The van der Waals surface area contributed by atoms with Gasteiger partial charge in [0, 0.05) is 24.7 Å². The van der Waals surface area contributed by atoms with Gasteiger partial charge in [0.25, 0.3) is 0 Å². The third-order valence-corrected chi connectivity index (χ3v) is 8.87. The van der Waals surface area contributed by atoms with Crippen LogP contribution in [-0.4, -0.2) is 94.2 Å². The van der Waals surface area contributed by atoms with Crippen LogP contribution in [0.15, 0.2) is 15.3 Å². The topological polar surface area (TPSA) is 254 Å². The molecule has 236 valence electrons. The number of ether oxygens (including phenoxy) is 3. The monoisotopic (exact) mass is 635 g/mol. The van der Waals surface area contributed by atoms with Gasteiger partial charge in [-0.2, -0.15) is 0 Å². The maximum absolute atomic E-state index is 12.8. The van der Waals surface area contributed by atoms with Crippen LogP contribution in [0.4, 0.5) is 0 Å². The van der Waals surface area contributed by atoms with E-state index in [2.05, 4.69) is 10.6 Å². The fourth-order valence-electron chi connectivity index (χ4n) is 5.52. The Balaban J connectivity index is 1.35. The third-order valence-electron chi connectivity index (χ3n) is 7.63. The number of methoxy groups -OCH3 is 1. The number of nitrogens with two attached hydrogens (primary N) is 1. The number of aliphatic carboxylic acids is 2. The molecule has 1 saturated heterocycles. The molecule has 0 bridgehead atoms. The number of carboxylic acid groups (broad SMARTS) is 2. The lowest BCUT2D eigenvalue weighted by Gasteiger charge is -2.22. The minimum absolute atomic E-state index is 0.0259. The zero-order valence-corrected chi connectivity index (χ0v) is 24.0. The first-order chi connectivity index (χ1) is 20.9. The number of thioether (sulfide) groups is 1. The molecule has 16 nitrogen and oxygen atoms in total. The van der Waals surface area contributed by atoms with Crippen LogP contribution >= 0.6 is 11.8 Å². The van der Waals surface area contributed by atoms with E-state index >= 15 is 0 Å². The Kier molecular flexibility index (Phi) is 8.83. The van der Waals surface area contributed by atoms with Gasteiger partial charge in [0.1, 0.15) is 52.8 Å². The van der Waals surface area contributed by atoms with Crippen molar-refractivity contribution in [2.24, 2.45) is 5.73 Å². The highest BCUT2D eigenvalue weighted by Crippen LogP contribution is 2.53. The number of hydrogen-bond acceptors (Lipinski definition) is 13. The summed E-state index contributed by atoms with van der Waals surface area (Å²) in [5, 5.41) is 34.2. The minimum atomic E-state index is -1.31. The molecule has 3 heterocycles. The molecule has 1 fully saturated rings. The van der Waals surface area contributed by atoms with Crippen LogP contribution in [-0.2, 0) is 30.3 Å². The van der Waals surface area contributed by atoms with Crippen molar-refractivity contribution < 1.29 is 57.9 Å². The lowest BCUT2D eigenvalue weighted by Crippen LogP contribution is -2.50. The molecular weight excluding hydrogens is 606 g/mol. The van der Waals surface area contributed by atoms with Gasteiger partial charge in [0.05, 0.1) is 24.0 Å². The molecule has 17 heteroatoms. The van der Waals surface area contributed by atoms with Crippen molar-refractivity contribution in [3.05, 3.63) is 33.2 Å². The Morgan fingerprint density at radius 1 is 1.20 bits per heavy atom. The molecule has 5 rings (SSSR count). The Labute approximate surface area is 252 Å². The highest BCUT2D eigenvalue weighted by atomic mass is 32.2. The Morgan fingerprint density at radius 2 is 1.95 bits per heavy atom. The van der Waals surface area contributed by atoms with Crippen LogP contribution in [0, 0.1) is 0 Å². The van der Waals surface area contributed by atoms with Crippen molar-refractivity contribution in [2.75, 3.05) is 19.4 Å². The molecule has 1 aromatic heterocycles. The summed E-state index contributed by atoms with van der Waals surface area (Å²) in [5.41, 5.74) is 4.58. The maximum Gasteiger partial charge on any atom is 0.347 e. The number of ketones is 1. The van der Waals surface area contributed by atoms with Crippen molar-refractivity contribution in [3.63, 3.8) is 0 Å². The number of aliphatic hydroxyl groups excluding tert-OH is 1. The molecule has 0 radical (unpaired) electrons. The summed E-state index contributed by atoms with van der Waals surface area (Å²) in [4.78, 5) is 72.2. The molecule has 44 heavy (non-hydrogen) atoms. The van der Waals surface area contributed by atoms with Crippen LogP contribution in [0.5, 0.6) is 11.5 Å². The second kappa shape index (κ2) is 12.4. The van der Waals surface area contributed by atoms with Crippen molar-refractivity contribution in [2.45, 2.75) is 61.5 Å². The van der Waals surface area contributed by atoms with E-state index < -0.39 is 71.8 Å². The molecule has 0 saturated carbocycles. The van der Waals surface area contributed by atoms with Crippen LogP contribution in [0.3, 0.4) is 0 Å². The number of aryl methyl sites for hydroxylation is 1. The second-order valence-electron chi connectivity index (χ2n) is 10.4. The third kappa shape index (κ3) is 5.82. The van der Waals surface area contributed by atoms with Gasteiger partial charge in [-0.05, 0) is 18.4 Å². The largest absolute Gasteiger partial charge is 0.496 e. The first-order valence-electron chi connectivity index (χ1n) is 13.5. The van der Waals surface area contributed by atoms with E-state index in [1.165, 1.54) is 7.11 Å². The fourth-order valence-corrected chi connectivity index (χ4v) is 6.69. The SMILES string of the molecule is COc1cc2c(c3oc(=O)c4c(c13)CCC4=O)[C@H]1[C@@H](O2)O[C@@H](SC[C@H](NC(=O)CC[C@H](N)C(=O)O)C(=O)NCC(=O)O)[C@@H]1O. The Morgan fingerprint density at radius 3 is 2.64 bits per heavy atom. The number of fused-ring (bicyclic) bond motifs is 7. The van der Waals surface area contributed by atoms with Gasteiger partial charge in [0.15, 0.2) is 5.78 Å². The van der Waals surface area contributed by atoms with Gasteiger partial charge in [-0.3, -0.25) is 24.0 Å². The van der Waals surface area contributed by atoms with E-state index in [0.29, 0.717) is 28.7 Å². The normalized spacial score (nSPS) is 22.8. The van der Waals surface area contributed by atoms with E-state index in [9.17, 15) is 33.9 Å². The molecule has 1 aliphatic carbocycles. The quantitative estimate of drug-likeness (QED) is 0.154. The standard InChI is InChI=1S/C27H29N3O13S/c1-40-13-6-14-19(22-18(13)9-2-4-12(31)17(9)25(39)42-22)20-21(35)27(43-26(20)41-14)44-8-11(23(36)29-7-16(33)34)30-15(32)5-3-10(28)24(37)38/h6,10-11,20-21,26-27,35H,2-5,7-8,28H2,1H3,(H,29,36)(H,30,32)(H,33,34)(H,37,38)/t10-,11-,20+,21+,26-,27-/m0/s1. The average molecular weight is 636 g/mol. The summed E-state index contributed by atoms with van der Waals surface area (Å²) in [5.74, 6) is -4.88. The molecule has 6 atom stereocenters. The summed E-state index contributed by atoms with van der Waals surface area (Å²) in [6.07, 6.45) is -2.31. The molecule has 2 amide bonds. The number of amides is 2. The van der Waals surface area contributed by atoms with Gasteiger partial charge < -0.3 is 50.3 Å². The summed E-state index contributed by atoms with van der Waals surface area (Å²) >= 11 is 0.946. The molecule has 2 aliphatic heterocycles. The lowest BCUT2D eigenvalue weighted by atomic mass is 9.92. The molecule has 1 aromatic carbocycles. The minimum Gasteiger partial charge on any atom is -0.496 e. The number of Topliss-reactive ketones (excluding diaryl/α,β-unsaturated/α-hetero) is 1. The van der Waals surface area contributed by atoms with Gasteiger partial charge in [-0.25, -0.2) is 4.79 Å². The number of benzene rings is 1. The van der Waals surface area contributed by atoms with E-state index in [1.54, 1.807) is 6.07 Å². The number of rotatable bonds is 12. The smallest absolute Gasteiger partial charge is 0.347 e. The Bertz CT molecular complexity index is 1610. The van der Waals surface area contributed by atoms with Crippen LogP contribution < -0.4 is 31.5 Å². The number of carboxylic acids is 2. The predicted octanol–water partition coefficient (Wildman–Crippen LogP) is -0.939. The fraction of sp³-hybridized carbons (Fsp3) is 0.481. The van der Waals surface area contributed by atoms with Crippen molar-refractivity contribution in [1.29, 1.82) is 0 Å². The van der Waals surface area contributed by atoms with Crippen molar-refractivity contribution in [3.8, 4) is 11.5 Å². The molecular formula is C27H29N3O13S. The zero-order valence-electron chi connectivity index (χ0n) is 23.2. The molecule has 2 aromatic rings. The Hall–Kier alpha value is -4.19.